The van der Waals surface area contributed by atoms with Gasteiger partial charge in [-0.05, 0) is 62.3 Å². The lowest BCUT2D eigenvalue weighted by atomic mass is 9.65. The zero-order chi connectivity index (χ0) is 11.6. The van der Waals surface area contributed by atoms with E-state index in [1.165, 1.54) is 48.9 Å². The van der Waals surface area contributed by atoms with E-state index in [0.29, 0.717) is 5.41 Å². The van der Waals surface area contributed by atoms with Crippen LogP contribution in [0.5, 0.6) is 0 Å². The third-order valence-electron chi connectivity index (χ3n) is 4.12. The molecule has 0 radical (unpaired) electrons. The summed E-state index contributed by atoms with van der Waals surface area (Å²) in [5.74, 6) is 0. The van der Waals surface area contributed by atoms with E-state index >= 15 is 0 Å². The summed E-state index contributed by atoms with van der Waals surface area (Å²) in [4.78, 5) is 0. The average Bonchev–Trinajstić information content (AvgIpc) is 2.20. The Morgan fingerprint density at radius 2 is 1.94 bits per heavy atom. The van der Waals surface area contributed by atoms with Gasteiger partial charge in [0.05, 0.1) is 0 Å². The second kappa shape index (κ2) is 4.58. The molecule has 1 aromatic rings. The average molecular weight is 217 g/mol. The van der Waals surface area contributed by atoms with Crippen LogP contribution in [0.4, 0.5) is 0 Å². The molecule has 1 N–H and O–H groups in total. The fourth-order valence-electron chi connectivity index (χ4n) is 2.81. The van der Waals surface area contributed by atoms with E-state index in [1.807, 2.05) is 0 Å². The fraction of sp³-hybridized carbons (Fsp3) is 0.600. The largest absolute Gasteiger partial charge is 0.319 e. The Morgan fingerprint density at radius 1 is 1.19 bits per heavy atom. The van der Waals surface area contributed by atoms with Gasteiger partial charge >= 0.3 is 0 Å². The zero-order valence-electron chi connectivity index (χ0n) is 10.8. The minimum atomic E-state index is 0.552. The van der Waals surface area contributed by atoms with Crippen molar-refractivity contribution in [1.29, 1.82) is 0 Å². The van der Waals surface area contributed by atoms with Crippen molar-refractivity contribution in [2.24, 2.45) is 5.41 Å². The monoisotopic (exact) mass is 217 g/mol. The number of benzene rings is 1. The topological polar surface area (TPSA) is 12.0 Å². The van der Waals surface area contributed by atoms with Crippen LogP contribution in [0.2, 0.25) is 0 Å². The van der Waals surface area contributed by atoms with Gasteiger partial charge < -0.3 is 5.32 Å². The number of nitrogens with one attached hydrogen (secondary N) is 1. The normalized spacial score (nSPS) is 18.2. The van der Waals surface area contributed by atoms with E-state index in [2.05, 4.69) is 44.4 Å². The van der Waals surface area contributed by atoms with Crippen LogP contribution in [-0.2, 0) is 6.42 Å². The highest BCUT2D eigenvalue weighted by Crippen LogP contribution is 2.43. The summed E-state index contributed by atoms with van der Waals surface area (Å²) in [6.45, 7) is 5.57. The molecule has 0 bridgehead atoms. The summed E-state index contributed by atoms with van der Waals surface area (Å²) in [5, 5.41) is 3.36. The van der Waals surface area contributed by atoms with Crippen LogP contribution in [0.25, 0.3) is 0 Å². The van der Waals surface area contributed by atoms with Crippen molar-refractivity contribution in [3.05, 3.63) is 34.9 Å². The molecule has 2 rings (SSSR count). The van der Waals surface area contributed by atoms with Crippen molar-refractivity contribution in [2.45, 2.75) is 39.5 Å². The van der Waals surface area contributed by atoms with E-state index in [4.69, 9.17) is 0 Å². The molecule has 0 heterocycles. The Labute approximate surface area is 99.3 Å². The zero-order valence-corrected chi connectivity index (χ0v) is 10.8. The lowest BCUT2D eigenvalue weighted by molar-refractivity contribution is 0.133. The number of hydrogen-bond donors (Lipinski definition) is 1. The van der Waals surface area contributed by atoms with Crippen LogP contribution < -0.4 is 5.32 Å². The van der Waals surface area contributed by atoms with Crippen molar-refractivity contribution >= 4 is 0 Å². The number of aryl methyl sites for hydroxylation is 2. The van der Waals surface area contributed by atoms with Crippen molar-refractivity contribution in [3.8, 4) is 0 Å². The molecule has 0 atom stereocenters. The maximum atomic E-state index is 3.36. The van der Waals surface area contributed by atoms with Gasteiger partial charge in [-0.25, -0.2) is 0 Å². The molecule has 16 heavy (non-hydrogen) atoms. The molecule has 0 aromatic heterocycles. The maximum absolute atomic E-state index is 3.36. The second-order valence-corrected chi connectivity index (χ2v) is 5.48. The minimum Gasteiger partial charge on any atom is -0.319 e. The summed E-state index contributed by atoms with van der Waals surface area (Å²) in [6, 6.07) is 6.93. The van der Waals surface area contributed by atoms with Crippen LogP contribution in [0.15, 0.2) is 18.2 Å². The molecule has 0 saturated heterocycles. The first-order chi connectivity index (χ1) is 7.65. The fourth-order valence-corrected chi connectivity index (χ4v) is 2.81. The van der Waals surface area contributed by atoms with Crippen LogP contribution in [0, 0.1) is 19.3 Å². The molecule has 0 spiro atoms. The highest BCUT2D eigenvalue weighted by molar-refractivity contribution is 5.30. The summed E-state index contributed by atoms with van der Waals surface area (Å²) in [6.07, 6.45) is 5.43. The molecule has 0 aliphatic heterocycles. The summed E-state index contributed by atoms with van der Waals surface area (Å²) in [5.41, 5.74) is 4.89. The SMILES string of the molecule is CNCC1(Cc2ccc(C)c(C)c2)CCC1. The van der Waals surface area contributed by atoms with Gasteiger partial charge in [0, 0.05) is 6.54 Å². The maximum Gasteiger partial charge on any atom is 0.000799 e. The van der Waals surface area contributed by atoms with Crippen molar-refractivity contribution in [1.82, 2.24) is 5.32 Å². The number of hydrogen-bond acceptors (Lipinski definition) is 1. The first-order valence-electron chi connectivity index (χ1n) is 6.36. The Balaban J connectivity index is 2.10. The number of rotatable bonds is 4. The van der Waals surface area contributed by atoms with Crippen molar-refractivity contribution in [2.75, 3.05) is 13.6 Å². The van der Waals surface area contributed by atoms with Gasteiger partial charge in [0.15, 0.2) is 0 Å². The lowest BCUT2D eigenvalue weighted by Crippen LogP contribution is -2.40. The molecule has 1 saturated carbocycles. The van der Waals surface area contributed by atoms with Crippen molar-refractivity contribution < 1.29 is 0 Å². The van der Waals surface area contributed by atoms with Gasteiger partial charge in [-0.15, -0.1) is 0 Å². The van der Waals surface area contributed by atoms with E-state index in [9.17, 15) is 0 Å². The predicted octanol–water partition coefficient (Wildman–Crippen LogP) is 3.24. The van der Waals surface area contributed by atoms with E-state index in [0.717, 1.165) is 0 Å². The highest BCUT2D eigenvalue weighted by Gasteiger charge is 2.36. The van der Waals surface area contributed by atoms with Gasteiger partial charge in [0.25, 0.3) is 0 Å². The van der Waals surface area contributed by atoms with Gasteiger partial charge in [-0.2, -0.15) is 0 Å². The second-order valence-electron chi connectivity index (χ2n) is 5.48. The molecule has 1 aliphatic rings. The van der Waals surface area contributed by atoms with E-state index in [1.54, 1.807) is 0 Å². The lowest BCUT2D eigenvalue weighted by Gasteiger charge is -2.42. The molecule has 1 nitrogen and oxygen atoms in total. The Bertz CT molecular complexity index is 364. The van der Waals surface area contributed by atoms with Gasteiger partial charge in [0.1, 0.15) is 0 Å². The van der Waals surface area contributed by atoms with Crippen LogP contribution >= 0.6 is 0 Å². The molecule has 0 unspecified atom stereocenters. The molecule has 1 heteroatoms. The summed E-state index contributed by atoms with van der Waals surface area (Å²) in [7, 11) is 2.07. The third kappa shape index (κ3) is 2.30. The third-order valence-corrected chi connectivity index (χ3v) is 4.12. The molecule has 1 aliphatic carbocycles. The smallest absolute Gasteiger partial charge is 0.000799 e. The van der Waals surface area contributed by atoms with Crippen LogP contribution in [0.3, 0.4) is 0 Å². The predicted molar refractivity (Wildman–Crippen MR) is 69.8 cm³/mol. The molecular formula is C15H23N. The first kappa shape index (κ1) is 11.7. The van der Waals surface area contributed by atoms with Crippen molar-refractivity contribution in [3.63, 3.8) is 0 Å². The highest BCUT2D eigenvalue weighted by atomic mass is 14.8. The van der Waals surface area contributed by atoms with Gasteiger partial charge in [-0.1, -0.05) is 24.6 Å². The molecular weight excluding hydrogens is 194 g/mol. The standard InChI is InChI=1S/C15H23N/c1-12-5-6-14(9-13(12)2)10-15(11-16-3)7-4-8-15/h5-6,9,16H,4,7-8,10-11H2,1-3H3. The molecule has 0 amide bonds. The Morgan fingerprint density at radius 3 is 2.44 bits per heavy atom. The summed E-state index contributed by atoms with van der Waals surface area (Å²) < 4.78 is 0. The first-order valence-corrected chi connectivity index (χ1v) is 6.36. The Kier molecular flexibility index (Phi) is 3.34. The van der Waals surface area contributed by atoms with E-state index < -0.39 is 0 Å². The molecule has 1 fully saturated rings. The van der Waals surface area contributed by atoms with E-state index in [-0.39, 0.29) is 0 Å². The Hall–Kier alpha value is -0.820. The van der Waals surface area contributed by atoms with Gasteiger partial charge in [0.2, 0.25) is 0 Å². The quantitative estimate of drug-likeness (QED) is 0.816. The molecule has 88 valence electrons. The summed E-state index contributed by atoms with van der Waals surface area (Å²) >= 11 is 0. The van der Waals surface area contributed by atoms with Crippen LogP contribution in [0.1, 0.15) is 36.0 Å². The van der Waals surface area contributed by atoms with Gasteiger partial charge in [-0.3, -0.25) is 0 Å². The minimum absolute atomic E-state index is 0.552. The van der Waals surface area contributed by atoms with Crippen LogP contribution in [-0.4, -0.2) is 13.6 Å². The molecule has 1 aromatic carbocycles.